The van der Waals surface area contributed by atoms with E-state index in [1.54, 1.807) is 6.92 Å². The van der Waals surface area contributed by atoms with Gasteiger partial charge in [0.1, 0.15) is 5.75 Å². The van der Waals surface area contributed by atoms with Crippen molar-refractivity contribution in [3.8, 4) is 5.75 Å². The Morgan fingerprint density at radius 3 is 2.68 bits per heavy atom. The van der Waals surface area contributed by atoms with E-state index in [9.17, 15) is 4.79 Å². The molecule has 0 radical (unpaired) electrons. The summed E-state index contributed by atoms with van der Waals surface area (Å²) in [4.78, 5) is 11.9. The van der Waals surface area contributed by atoms with Crippen LogP contribution in [-0.4, -0.2) is 18.6 Å². The topological polar surface area (TPSA) is 64.3 Å². The standard InChI is InChI=1S/C14H21BrN2O2/c1-9(2)8-17-14(18)10(3)19-13-11(7-16)5-4-6-12(13)15/h4-6,9-10H,7-8,16H2,1-3H3,(H,17,18). The molecule has 0 saturated carbocycles. The minimum absolute atomic E-state index is 0.118. The second-order valence-corrected chi connectivity index (χ2v) is 5.69. The summed E-state index contributed by atoms with van der Waals surface area (Å²) in [7, 11) is 0. The molecule has 0 aliphatic rings. The molecule has 5 heteroatoms. The monoisotopic (exact) mass is 328 g/mol. The highest BCUT2D eigenvalue weighted by atomic mass is 79.9. The highest BCUT2D eigenvalue weighted by Gasteiger charge is 2.17. The zero-order valence-electron chi connectivity index (χ0n) is 11.6. The van der Waals surface area contributed by atoms with Gasteiger partial charge in [-0.2, -0.15) is 0 Å². The second-order valence-electron chi connectivity index (χ2n) is 4.83. The number of halogens is 1. The van der Waals surface area contributed by atoms with Crippen LogP contribution in [0.5, 0.6) is 5.75 Å². The molecule has 1 aromatic carbocycles. The zero-order valence-corrected chi connectivity index (χ0v) is 13.2. The minimum Gasteiger partial charge on any atom is -0.479 e. The van der Waals surface area contributed by atoms with Gasteiger partial charge in [0.2, 0.25) is 0 Å². The SMILES string of the molecule is CC(C)CNC(=O)C(C)Oc1c(Br)cccc1CN. The summed E-state index contributed by atoms with van der Waals surface area (Å²) in [6.45, 7) is 6.84. The van der Waals surface area contributed by atoms with E-state index in [-0.39, 0.29) is 5.91 Å². The number of carbonyl (C=O) groups excluding carboxylic acids is 1. The largest absolute Gasteiger partial charge is 0.479 e. The van der Waals surface area contributed by atoms with Crippen molar-refractivity contribution in [1.82, 2.24) is 5.32 Å². The molecule has 0 bridgehead atoms. The van der Waals surface area contributed by atoms with Crippen LogP contribution in [0.2, 0.25) is 0 Å². The summed E-state index contributed by atoms with van der Waals surface area (Å²) in [5.74, 6) is 0.934. The molecule has 1 rings (SSSR count). The molecule has 1 aromatic rings. The molecule has 1 unspecified atom stereocenters. The molecule has 1 amide bonds. The maximum absolute atomic E-state index is 11.9. The van der Waals surface area contributed by atoms with Crippen molar-refractivity contribution in [3.05, 3.63) is 28.2 Å². The first-order valence-corrected chi connectivity index (χ1v) is 7.16. The van der Waals surface area contributed by atoms with Crippen molar-refractivity contribution in [2.24, 2.45) is 11.7 Å². The van der Waals surface area contributed by atoms with Gasteiger partial charge in [0, 0.05) is 18.7 Å². The molecule has 0 fully saturated rings. The highest BCUT2D eigenvalue weighted by molar-refractivity contribution is 9.10. The average molecular weight is 329 g/mol. The Hall–Kier alpha value is -1.07. The molecule has 0 heterocycles. The molecule has 0 saturated heterocycles. The van der Waals surface area contributed by atoms with Crippen LogP contribution in [0.1, 0.15) is 26.3 Å². The number of amides is 1. The fraction of sp³-hybridized carbons (Fsp3) is 0.500. The average Bonchev–Trinajstić information content (AvgIpc) is 2.37. The minimum atomic E-state index is -0.553. The normalized spacial score (nSPS) is 12.3. The molecule has 19 heavy (non-hydrogen) atoms. The lowest BCUT2D eigenvalue weighted by Gasteiger charge is -2.18. The molecule has 0 spiro atoms. The molecule has 106 valence electrons. The van der Waals surface area contributed by atoms with Gasteiger partial charge in [0.05, 0.1) is 4.47 Å². The van der Waals surface area contributed by atoms with E-state index in [0.717, 1.165) is 10.0 Å². The van der Waals surface area contributed by atoms with Gasteiger partial charge in [0.15, 0.2) is 6.10 Å². The predicted octanol–water partition coefficient (Wildman–Crippen LogP) is 2.45. The molecule has 0 aliphatic heterocycles. The van der Waals surface area contributed by atoms with Gasteiger partial charge in [-0.25, -0.2) is 0 Å². The smallest absolute Gasteiger partial charge is 0.260 e. The first-order valence-electron chi connectivity index (χ1n) is 6.37. The quantitative estimate of drug-likeness (QED) is 0.843. The summed E-state index contributed by atoms with van der Waals surface area (Å²) in [6.07, 6.45) is -0.553. The van der Waals surface area contributed by atoms with Gasteiger partial charge >= 0.3 is 0 Å². The van der Waals surface area contributed by atoms with Crippen molar-refractivity contribution in [2.75, 3.05) is 6.54 Å². The fourth-order valence-corrected chi connectivity index (χ4v) is 2.03. The third-order valence-corrected chi connectivity index (χ3v) is 3.24. The number of rotatable bonds is 6. The van der Waals surface area contributed by atoms with E-state index >= 15 is 0 Å². The van der Waals surface area contributed by atoms with Crippen LogP contribution in [0.15, 0.2) is 22.7 Å². The summed E-state index contributed by atoms with van der Waals surface area (Å²) >= 11 is 3.42. The number of hydrogen-bond acceptors (Lipinski definition) is 3. The first kappa shape index (κ1) is 16.0. The Morgan fingerprint density at radius 2 is 2.11 bits per heavy atom. The molecule has 0 aromatic heterocycles. The van der Waals surface area contributed by atoms with Crippen LogP contribution in [0.25, 0.3) is 0 Å². The van der Waals surface area contributed by atoms with E-state index in [1.165, 1.54) is 0 Å². The van der Waals surface area contributed by atoms with Gasteiger partial charge in [0.25, 0.3) is 5.91 Å². The number of hydrogen-bond donors (Lipinski definition) is 2. The summed E-state index contributed by atoms with van der Waals surface area (Å²) in [5.41, 5.74) is 6.54. The lowest BCUT2D eigenvalue weighted by atomic mass is 10.2. The van der Waals surface area contributed by atoms with Crippen molar-refractivity contribution < 1.29 is 9.53 Å². The van der Waals surface area contributed by atoms with E-state index < -0.39 is 6.10 Å². The van der Waals surface area contributed by atoms with Gasteiger partial charge < -0.3 is 15.8 Å². The van der Waals surface area contributed by atoms with Gasteiger partial charge in [-0.1, -0.05) is 26.0 Å². The molecular weight excluding hydrogens is 308 g/mol. The molecule has 1 atom stereocenters. The van der Waals surface area contributed by atoms with Crippen LogP contribution in [0.4, 0.5) is 0 Å². The van der Waals surface area contributed by atoms with E-state index in [2.05, 4.69) is 21.2 Å². The lowest BCUT2D eigenvalue weighted by Crippen LogP contribution is -2.38. The number of ether oxygens (including phenoxy) is 1. The van der Waals surface area contributed by atoms with Gasteiger partial charge in [-0.05, 0) is 34.8 Å². The van der Waals surface area contributed by atoms with Gasteiger partial charge in [-0.15, -0.1) is 0 Å². The van der Waals surface area contributed by atoms with Crippen molar-refractivity contribution in [2.45, 2.75) is 33.4 Å². The first-order chi connectivity index (χ1) is 8.95. The summed E-state index contributed by atoms with van der Waals surface area (Å²) in [5, 5.41) is 2.85. The van der Waals surface area contributed by atoms with Crippen molar-refractivity contribution >= 4 is 21.8 Å². The highest BCUT2D eigenvalue weighted by Crippen LogP contribution is 2.29. The molecule has 3 N–H and O–H groups in total. The Morgan fingerprint density at radius 1 is 1.42 bits per heavy atom. The molecule has 0 aliphatic carbocycles. The van der Waals surface area contributed by atoms with Crippen molar-refractivity contribution in [3.63, 3.8) is 0 Å². The number of nitrogens with two attached hydrogens (primary N) is 1. The molecular formula is C14H21BrN2O2. The predicted molar refractivity (Wildman–Crippen MR) is 80.0 cm³/mol. The fourth-order valence-electron chi connectivity index (χ4n) is 1.52. The Balaban J connectivity index is 2.71. The van der Waals surface area contributed by atoms with Gasteiger partial charge in [-0.3, -0.25) is 4.79 Å². The molecule has 4 nitrogen and oxygen atoms in total. The summed E-state index contributed by atoms with van der Waals surface area (Å²) < 4.78 is 6.53. The Bertz CT molecular complexity index is 435. The van der Waals surface area contributed by atoms with Crippen LogP contribution in [0.3, 0.4) is 0 Å². The maximum atomic E-state index is 11.9. The van der Waals surface area contributed by atoms with E-state index in [4.69, 9.17) is 10.5 Å². The number of carbonyl (C=O) groups is 1. The maximum Gasteiger partial charge on any atom is 0.260 e. The van der Waals surface area contributed by atoms with Crippen LogP contribution in [0, 0.1) is 5.92 Å². The number of para-hydroxylation sites is 1. The van der Waals surface area contributed by atoms with Crippen molar-refractivity contribution in [1.29, 1.82) is 0 Å². The Kier molecular flexibility index (Phi) is 6.31. The Labute approximate surface area is 122 Å². The van der Waals surface area contributed by atoms with Crippen LogP contribution in [-0.2, 0) is 11.3 Å². The third-order valence-electron chi connectivity index (χ3n) is 2.62. The second kappa shape index (κ2) is 7.50. The van der Waals surface area contributed by atoms with E-state index in [1.807, 2.05) is 32.0 Å². The van der Waals surface area contributed by atoms with E-state index in [0.29, 0.717) is 24.8 Å². The number of nitrogens with one attached hydrogen (secondary N) is 1. The zero-order chi connectivity index (χ0) is 14.4. The summed E-state index contributed by atoms with van der Waals surface area (Å²) in [6, 6.07) is 5.65. The van der Waals surface area contributed by atoms with Crippen LogP contribution < -0.4 is 15.8 Å². The van der Waals surface area contributed by atoms with Crippen LogP contribution >= 0.6 is 15.9 Å². The number of benzene rings is 1. The third kappa shape index (κ3) is 4.84. The lowest BCUT2D eigenvalue weighted by molar-refractivity contribution is -0.127.